The summed E-state index contributed by atoms with van der Waals surface area (Å²) in [5.41, 5.74) is 1.73. The van der Waals surface area contributed by atoms with Gasteiger partial charge in [0.1, 0.15) is 0 Å². The summed E-state index contributed by atoms with van der Waals surface area (Å²) in [6, 6.07) is 7.33. The standard InChI is InChI=1S/C17H16ClN5O2S.C2H2O4/c1-10-9-26-17(19-10)20-14(24)8-23-6-12(7-23)16-21-15(22-25-16)11-3-2-4-13(18)5-11;3-1(4)2(5)6/h2-5,9,12H,6-8H2,1H3,(H,19,20,24);(H,3,4)(H,5,6). The summed E-state index contributed by atoms with van der Waals surface area (Å²) in [6.45, 7) is 3.64. The molecule has 4 rings (SSSR count). The Morgan fingerprint density at radius 3 is 2.56 bits per heavy atom. The van der Waals surface area contributed by atoms with Crippen molar-refractivity contribution in [3.05, 3.63) is 46.3 Å². The number of amides is 1. The molecule has 1 amide bonds. The summed E-state index contributed by atoms with van der Waals surface area (Å²) in [4.78, 5) is 41.0. The fourth-order valence-electron chi connectivity index (χ4n) is 2.77. The molecule has 1 aliphatic heterocycles. The van der Waals surface area contributed by atoms with Crippen LogP contribution in [0.1, 0.15) is 17.5 Å². The number of carboxylic acids is 2. The zero-order valence-corrected chi connectivity index (χ0v) is 18.3. The first-order valence-corrected chi connectivity index (χ1v) is 10.5. The van der Waals surface area contributed by atoms with E-state index in [4.69, 9.17) is 35.9 Å². The molecule has 0 spiro atoms. The summed E-state index contributed by atoms with van der Waals surface area (Å²) < 4.78 is 5.37. The molecule has 11 nitrogen and oxygen atoms in total. The first-order chi connectivity index (χ1) is 15.2. The minimum atomic E-state index is -1.82. The maximum Gasteiger partial charge on any atom is 0.414 e. The fraction of sp³-hybridized carbons (Fsp3) is 0.263. The zero-order valence-electron chi connectivity index (χ0n) is 16.7. The van der Waals surface area contributed by atoms with E-state index in [1.165, 1.54) is 11.3 Å². The third-order valence-electron chi connectivity index (χ3n) is 4.25. The smallest absolute Gasteiger partial charge is 0.414 e. The number of aliphatic carboxylic acids is 2. The van der Waals surface area contributed by atoms with E-state index in [1.807, 2.05) is 29.3 Å². The van der Waals surface area contributed by atoms with E-state index in [-0.39, 0.29) is 11.8 Å². The number of aromatic nitrogens is 3. The Balaban J connectivity index is 0.000000427. The summed E-state index contributed by atoms with van der Waals surface area (Å²) in [5, 5.41) is 24.8. The second-order valence-electron chi connectivity index (χ2n) is 6.81. The van der Waals surface area contributed by atoms with Gasteiger partial charge < -0.3 is 20.1 Å². The van der Waals surface area contributed by atoms with Crippen LogP contribution in [-0.2, 0) is 14.4 Å². The van der Waals surface area contributed by atoms with Crippen LogP contribution in [0.2, 0.25) is 5.02 Å². The maximum absolute atomic E-state index is 12.0. The first kappa shape index (κ1) is 23.3. The molecule has 0 aliphatic carbocycles. The number of carbonyl (C=O) groups is 3. The molecule has 0 bridgehead atoms. The molecule has 3 N–H and O–H groups in total. The number of benzene rings is 1. The van der Waals surface area contributed by atoms with Gasteiger partial charge in [-0.15, -0.1) is 11.3 Å². The number of aryl methyl sites for hydroxylation is 1. The van der Waals surface area contributed by atoms with E-state index in [2.05, 4.69) is 20.4 Å². The van der Waals surface area contributed by atoms with Crippen molar-refractivity contribution in [1.29, 1.82) is 0 Å². The Kier molecular flexibility index (Phi) is 7.51. The summed E-state index contributed by atoms with van der Waals surface area (Å²) in [6.07, 6.45) is 0. The first-order valence-electron chi connectivity index (χ1n) is 9.21. The van der Waals surface area contributed by atoms with Gasteiger partial charge >= 0.3 is 11.9 Å². The van der Waals surface area contributed by atoms with Crippen LogP contribution in [0.4, 0.5) is 5.13 Å². The van der Waals surface area contributed by atoms with Gasteiger partial charge in [0.2, 0.25) is 17.6 Å². The van der Waals surface area contributed by atoms with Gasteiger partial charge in [0, 0.05) is 29.1 Å². The topological polar surface area (TPSA) is 159 Å². The summed E-state index contributed by atoms with van der Waals surface area (Å²) in [7, 11) is 0. The zero-order chi connectivity index (χ0) is 23.3. The lowest BCUT2D eigenvalue weighted by molar-refractivity contribution is -0.159. The highest BCUT2D eigenvalue weighted by molar-refractivity contribution is 7.13. The number of rotatable bonds is 5. The second-order valence-corrected chi connectivity index (χ2v) is 8.10. The molecule has 32 heavy (non-hydrogen) atoms. The van der Waals surface area contributed by atoms with Gasteiger partial charge in [0.05, 0.1) is 18.2 Å². The molecular weight excluding hydrogens is 462 g/mol. The van der Waals surface area contributed by atoms with Crippen LogP contribution in [0.5, 0.6) is 0 Å². The minimum Gasteiger partial charge on any atom is -0.473 e. The lowest BCUT2D eigenvalue weighted by Gasteiger charge is -2.36. The quantitative estimate of drug-likeness (QED) is 0.463. The van der Waals surface area contributed by atoms with Crippen molar-refractivity contribution in [1.82, 2.24) is 20.0 Å². The highest BCUT2D eigenvalue weighted by atomic mass is 35.5. The van der Waals surface area contributed by atoms with E-state index >= 15 is 0 Å². The van der Waals surface area contributed by atoms with Gasteiger partial charge in [0.15, 0.2) is 5.13 Å². The van der Waals surface area contributed by atoms with Crippen molar-refractivity contribution in [2.75, 3.05) is 25.0 Å². The number of thiazole rings is 1. The molecule has 1 aliphatic rings. The number of hydrogen-bond acceptors (Lipinski definition) is 9. The van der Waals surface area contributed by atoms with Crippen molar-refractivity contribution in [3.63, 3.8) is 0 Å². The molecule has 0 saturated carbocycles. The second kappa shape index (κ2) is 10.3. The number of anilines is 1. The lowest BCUT2D eigenvalue weighted by Crippen LogP contribution is -2.48. The van der Waals surface area contributed by atoms with Gasteiger partial charge in [-0.3, -0.25) is 9.69 Å². The summed E-state index contributed by atoms with van der Waals surface area (Å²) in [5.74, 6) is -2.46. The molecule has 1 saturated heterocycles. The molecule has 168 valence electrons. The van der Waals surface area contributed by atoms with Gasteiger partial charge in [-0.1, -0.05) is 28.9 Å². The van der Waals surface area contributed by atoms with Crippen molar-refractivity contribution in [2.45, 2.75) is 12.8 Å². The lowest BCUT2D eigenvalue weighted by atomic mass is 10.0. The molecule has 2 aromatic heterocycles. The van der Waals surface area contributed by atoms with Crippen LogP contribution in [0.15, 0.2) is 34.2 Å². The van der Waals surface area contributed by atoms with Gasteiger partial charge in [-0.2, -0.15) is 4.98 Å². The number of nitrogens with zero attached hydrogens (tertiary/aromatic N) is 4. The van der Waals surface area contributed by atoms with Crippen molar-refractivity contribution >= 4 is 45.9 Å². The van der Waals surface area contributed by atoms with Crippen LogP contribution in [0, 0.1) is 6.92 Å². The Morgan fingerprint density at radius 2 is 1.97 bits per heavy atom. The minimum absolute atomic E-state index is 0.0667. The summed E-state index contributed by atoms with van der Waals surface area (Å²) >= 11 is 7.42. The molecule has 1 aromatic carbocycles. The predicted octanol–water partition coefficient (Wildman–Crippen LogP) is 2.35. The van der Waals surface area contributed by atoms with Crippen LogP contribution >= 0.6 is 22.9 Å². The molecule has 13 heteroatoms. The van der Waals surface area contributed by atoms with Crippen LogP contribution in [0.3, 0.4) is 0 Å². The molecular formula is C19H18ClN5O6S. The molecule has 0 unspecified atom stereocenters. The van der Waals surface area contributed by atoms with E-state index < -0.39 is 11.9 Å². The predicted molar refractivity (Wildman–Crippen MR) is 115 cm³/mol. The highest BCUT2D eigenvalue weighted by Gasteiger charge is 2.33. The number of hydrogen-bond donors (Lipinski definition) is 3. The van der Waals surface area contributed by atoms with Crippen LogP contribution < -0.4 is 5.32 Å². The van der Waals surface area contributed by atoms with E-state index in [1.54, 1.807) is 12.1 Å². The van der Waals surface area contributed by atoms with Gasteiger partial charge in [-0.05, 0) is 19.1 Å². The van der Waals surface area contributed by atoms with Gasteiger partial charge in [-0.25, -0.2) is 14.6 Å². The number of nitrogens with one attached hydrogen (secondary N) is 1. The van der Waals surface area contributed by atoms with E-state index in [0.717, 1.165) is 11.3 Å². The molecule has 0 radical (unpaired) electrons. The molecule has 3 aromatic rings. The molecule has 1 fully saturated rings. The molecule has 0 atom stereocenters. The number of halogens is 1. The SMILES string of the molecule is Cc1csc(NC(=O)CN2CC(c3nc(-c4cccc(Cl)c4)no3)C2)n1.O=C(O)C(=O)O. The average Bonchev–Trinajstić information content (AvgIpc) is 3.34. The third-order valence-corrected chi connectivity index (χ3v) is 5.36. The average molecular weight is 480 g/mol. The molecule has 3 heterocycles. The van der Waals surface area contributed by atoms with E-state index in [0.29, 0.717) is 41.5 Å². The van der Waals surface area contributed by atoms with Crippen LogP contribution in [-0.4, -0.2) is 67.7 Å². The van der Waals surface area contributed by atoms with Crippen molar-refractivity contribution in [3.8, 4) is 11.4 Å². The monoisotopic (exact) mass is 479 g/mol. The highest BCUT2D eigenvalue weighted by Crippen LogP contribution is 2.28. The van der Waals surface area contributed by atoms with Crippen molar-refractivity contribution < 1.29 is 29.1 Å². The Bertz CT molecular complexity index is 1110. The van der Waals surface area contributed by atoms with E-state index in [9.17, 15) is 4.79 Å². The Morgan fingerprint density at radius 1 is 1.25 bits per heavy atom. The number of likely N-dealkylation sites (tertiary alicyclic amines) is 1. The van der Waals surface area contributed by atoms with Crippen molar-refractivity contribution in [2.24, 2.45) is 0 Å². The van der Waals surface area contributed by atoms with Gasteiger partial charge in [0.25, 0.3) is 0 Å². The Labute approximate surface area is 190 Å². The Hall–Kier alpha value is -3.35. The number of carbonyl (C=O) groups excluding carboxylic acids is 1. The van der Waals surface area contributed by atoms with Crippen LogP contribution in [0.25, 0.3) is 11.4 Å². The third kappa shape index (κ3) is 6.33. The largest absolute Gasteiger partial charge is 0.473 e. The maximum atomic E-state index is 12.0. The number of carboxylic acid groups (broad SMARTS) is 2. The normalized spacial score (nSPS) is 13.6. The fourth-order valence-corrected chi connectivity index (χ4v) is 3.67.